The van der Waals surface area contributed by atoms with Crippen LogP contribution in [0.4, 0.5) is 5.69 Å². The van der Waals surface area contributed by atoms with Crippen LogP contribution in [0, 0.1) is 13.8 Å². The number of rotatable bonds is 2. The molecule has 1 aromatic heterocycles. The summed E-state index contributed by atoms with van der Waals surface area (Å²) in [6.07, 6.45) is 1.75. The van der Waals surface area contributed by atoms with Gasteiger partial charge in [-0.3, -0.25) is 4.79 Å². The second-order valence-electron chi connectivity index (χ2n) is 4.44. The highest BCUT2D eigenvalue weighted by Crippen LogP contribution is 2.20. The van der Waals surface area contributed by atoms with E-state index >= 15 is 0 Å². The molecule has 3 nitrogen and oxygen atoms in total. The van der Waals surface area contributed by atoms with Crippen molar-refractivity contribution >= 4 is 27.5 Å². The molecule has 0 unspecified atom stereocenters. The van der Waals surface area contributed by atoms with Crippen LogP contribution in [0.1, 0.15) is 21.6 Å². The summed E-state index contributed by atoms with van der Waals surface area (Å²) in [4.78, 5) is 16.9. The summed E-state index contributed by atoms with van der Waals surface area (Å²) in [5.41, 5.74) is 3.78. The van der Waals surface area contributed by atoms with Crippen LogP contribution in [0.3, 0.4) is 0 Å². The second kappa shape index (κ2) is 4.98. The Morgan fingerprint density at radius 3 is 2.28 bits per heavy atom. The number of aryl methyl sites for hydroxylation is 2. The van der Waals surface area contributed by atoms with Crippen LogP contribution < -0.4 is 4.90 Å². The smallest absolute Gasteiger partial charge is 0.274 e. The highest BCUT2D eigenvalue weighted by atomic mass is 79.9. The standard InChI is InChI=1S/C14H15BrN2O/c1-9-4-10(2)6-12(5-9)17(3)14(18)13-7-11(15)8-16-13/h4-8,16H,1-3H3. The van der Waals surface area contributed by atoms with Gasteiger partial charge in [0.05, 0.1) is 0 Å². The summed E-state index contributed by atoms with van der Waals surface area (Å²) in [7, 11) is 1.78. The molecule has 4 heteroatoms. The molecule has 0 aliphatic carbocycles. The number of aromatic nitrogens is 1. The molecule has 0 fully saturated rings. The first-order valence-electron chi connectivity index (χ1n) is 5.67. The van der Waals surface area contributed by atoms with Crippen molar-refractivity contribution in [2.75, 3.05) is 11.9 Å². The van der Waals surface area contributed by atoms with E-state index < -0.39 is 0 Å². The van der Waals surface area contributed by atoms with Gasteiger partial charge >= 0.3 is 0 Å². The molecule has 0 saturated heterocycles. The molecule has 94 valence electrons. The van der Waals surface area contributed by atoms with E-state index in [9.17, 15) is 4.79 Å². The number of hydrogen-bond acceptors (Lipinski definition) is 1. The van der Waals surface area contributed by atoms with E-state index in [1.165, 1.54) is 0 Å². The van der Waals surface area contributed by atoms with E-state index in [2.05, 4.69) is 27.0 Å². The van der Waals surface area contributed by atoms with Gasteiger partial charge < -0.3 is 9.88 Å². The van der Waals surface area contributed by atoms with E-state index in [1.807, 2.05) is 26.0 Å². The van der Waals surface area contributed by atoms with Crippen molar-refractivity contribution in [2.24, 2.45) is 0 Å². The molecule has 1 N–H and O–H groups in total. The van der Waals surface area contributed by atoms with Crippen LogP contribution in [0.25, 0.3) is 0 Å². The van der Waals surface area contributed by atoms with Crippen molar-refractivity contribution in [3.8, 4) is 0 Å². The number of H-pyrrole nitrogens is 1. The van der Waals surface area contributed by atoms with Crippen LogP contribution in [0.5, 0.6) is 0 Å². The molecular weight excluding hydrogens is 292 g/mol. The third-order valence-electron chi connectivity index (χ3n) is 2.78. The van der Waals surface area contributed by atoms with Gasteiger partial charge in [-0.05, 0) is 59.1 Å². The first kappa shape index (κ1) is 12.9. The van der Waals surface area contributed by atoms with Gasteiger partial charge in [0.15, 0.2) is 0 Å². The van der Waals surface area contributed by atoms with Crippen LogP contribution >= 0.6 is 15.9 Å². The minimum atomic E-state index is -0.0503. The lowest BCUT2D eigenvalue weighted by Crippen LogP contribution is -2.26. The van der Waals surface area contributed by atoms with Gasteiger partial charge in [0.2, 0.25) is 0 Å². The molecule has 1 heterocycles. The molecule has 1 aromatic carbocycles. The van der Waals surface area contributed by atoms with Crippen molar-refractivity contribution in [2.45, 2.75) is 13.8 Å². The van der Waals surface area contributed by atoms with E-state index in [0.29, 0.717) is 5.69 Å². The Balaban J connectivity index is 2.30. The van der Waals surface area contributed by atoms with Crippen LogP contribution in [-0.4, -0.2) is 17.9 Å². The lowest BCUT2D eigenvalue weighted by molar-refractivity contribution is 0.0989. The first-order chi connectivity index (χ1) is 8.47. The zero-order valence-electron chi connectivity index (χ0n) is 10.6. The molecule has 0 aliphatic rings. The first-order valence-corrected chi connectivity index (χ1v) is 6.47. The summed E-state index contributed by atoms with van der Waals surface area (Å²) >= 11 is 3.33. The molecule has 0 aliphatic heterocycles. The maximum absolute atomic E-state index is 12.3. The fourth-order valence-corrected chi connectivity index (χ4v) is 2.28. The average molecular weight is 307 g/mol. The van der Waals surface area contributed by atoms with Gasteiger partial charge in [0.1, 0.15) is 5.69 Å². The van der Waals surface area contributed by atoms with E-state index in [4.69, 9.17) is 0 Å². The monoisotopic (exact) mass is 306 g/mol. The fraction of sp³-hybridized carbons (Fsp3) is 0.214. The SMILES string of the molecule is Cc1cc(C)cc(N(C)C(=O)c2cc(Br)c[nH]2)c1. The molecular formula is C14H15BrN2O. The van der Waals surface area contributed by atoms with Crippen LogP contribution in [0.15, 0.2) is 34.9 Å². The Morgan fingerprint density at radius 1 is 1.17 bits per heavy atom. The Bertz CT molecular complexity index is 569. The van der Waals surface area contributed by atoms with Crippen LogP contribution in [-0.2, 0) is 0 Å². The normalized spacial score (nSPS) is 10.4. The van der Waals surface area contributed by atoms with Crippen molar-refractivity contribution in [1.82, 2.24) is 4.98 Å². The number of nitrogens with zero attached hydrogens (tertiary/aromatic N) is 1. The summed E-state index contributed by atoms with van der Waals surface area (Å²) in [6, 6.07) is 7.88. The number of carbonyl (C=O) groups is 1. The molecule has 2 aromatic rings. The van der Waals surface area contributed by atoms with E-state index in [-0.39, 0.29) is 5.91 Å². The third-order valence-corrected chi connectivity index (χ3v) is 3.23. The van der Waals surface area contributed by atoms with Gasteiger partial charge in [-0.2, -0.15) is 0 Å². The summed E-state index contributed by atoms with van der Waals surface area (Å²) in [6.45, 7) is 4.06. The quantitative estimate of drug-likeness (QED) is 0.903. The summed E-state index contributed by atoms with van der Waals surface area (Å²) < 4.78 is 0.875. The lowest BCUT2D eigenvalue weighted by Gasteiger charge is -2.17. The lowest BCUT2D eigenvalue weighted by atomic mass is 10.1. The van der Waals surface area contributed by atoms with Gasteiger partial charge in [-0.1, -0.05) is 6.07 Å². The average Bonchev–Trinajstić information content (AvgIpc) is 2.72. The number of nitrogens with one attached hydrogen (secondary N) is 1. The number of anilines is 1. The van der Waals surface area contributed by atoms with Crippen LogP contribution in [0.2, 0.25) is 0 Å². The predicted molar refractivity (Wildman–Crippen MR) is 77.1 cm³/mol. The minimum absolute atomic E-state index is 0.0503. The molecule has 0 atom stereocenters. The van der Waals surface area contributed by atoms with Gasteiger partial charge in [0.25, 0.3) is 5.91 Å². The van der Waals surface area contributed by atoms with E-state index in [1.54, 1.807) is 24.2 Å². The topological polar surface area (TPSA) is 36.1 Å². The van der Waals surface area contributed by atoms with Gasteiger partial charge in [-0.15, -0.1) is 0 Å². The highest BCUT2D eigenvalue weighted by molar-refractivity contribution is 9.10. The zero-order chi connectivity index (χ0) is 13.3. The number of aromatic amines is 1. The fourth-order valence-electron chi connectivity index (χ4n) is 1.93. The Hall–Kier alpha value is -1.55. The number of hydrogen-bond donors (Lipinski definition) is 1. The van der Waals surface area contributed by atoms with Gasteiger partial charge in [0, 0.05) is 23.4 Å². The molecule has 18 heavy (non-hydrogen) atoms. The second-order valence-corrected chi connectivity index (χ2v) is 5.36. The number of halogens is 1. The summed E-state index contributed by atoms with van der Waals surface area (Å²) in [5, 5.41) is 0. The maximum Gasteiger partial charge on any atom is 0.274 e. The zero-order valence-corrected chi connectivity index (χ0v) is 12.2. The van der Waals surface area contributed by atoms with E-state index in [0.717, 1.165) is 21.3 Å². The molecule has 1 amide bonds. The number of carbonyl (C=O) groups excluding carboxylic acids is 1. The third kappa shape index (κ3) is 2.64. The molecule has 2 rings (SSSR count). The Morgan fingerprint density at radius 2 is 1.78 bits per heavy atom. The molecule has 0 radical (unpaired) electrons. The van der Waals surface area contributed by atoms with Crippen molar-refractivity contribution < 1.29 is 4.79 Å². The highest BCUT2D eigenvalue weighted by Gasteiger charge is 2.15. The van der Waals surface area contributed by atoms with Crippen molar-refractivity contribution in [3.05, 3.63) is 51.8 Å². The van der Waals surface area contributed by atoms with Crippen molar-refractivity contribution in [3.63, 3.8) is 0 Å². The molecule has 0 bridgehead atoms. The number of benzene rings is 1. The maximum atomic E-state index is 12.3. The van der Waals surface area contributed by atoms with Crippen molar-refractivity contribution in [1.29, 1.82) is 0 Å². The predicted octanol–water partition coefficient (Wildman–Crippen LogP) is 3.67. The minimum Gasteiger partial charge on any atom is -0.356 e. The summed E-state index contributed by atoms with van der Waals surface area (Å²) in [5.74, 6) is -0.0503. The van der Waals surface area contributed by atoms with Gasteiger partial charge in [-0.25, -0.2) is 0 Å². The Labute approximate surface area is 115 Å². The number of amides is 1. The molecule has 0 saturated carbocycles. The largest absolute Gasteiger partial charge is 0.356 e. The molecule has 0 spiro atoms. The Kier molecular flexibility index (Phi) is 3.57.